The van der Waals surface area contributed by atoms with Crippen LogP contribution < -0.4 is 10.6 Å². The molecule has 1 fully saturated rings. The quantitative estimate of drug-likeness (QED) is 0.313. The van der Waals surface area contributed by atoms with E-state index >= 15 is 8.78 Å². The molecule has 0 spiro atoms. The Balaban J connectivity index is 2.26. The zero-order chi connectivity index (χ0) is 29.1. The topological polar surface area (TPSA) is 105 Å². The molecule has 39 heavy (non-hydrogen) atoms. The van der Waals surface area contributed by atoms with Gasteiger partial charge in [-0.3, -0.25) is 4.79 Å². The van der Waals surface area contributed by atoms with Crippen molar-refractivity contribution in [3.63, 3.8) is 0 Å². The van der Waals surface area contributed by atoms with E-state index in [4.69, 9.17) is 28.3 Å². The van der Waals surface area contributed by atoms with Crippen LogP contribution in [0.3, 0.4) is 0 Å². The fourth-order valence-corrected chi connectivity index (χ4v) is 5.61. The number of halogens is 4. The van der Waals surface area contributed by atoms with E-state index in [0.717, 1.165) is 6.07 Å². The number of carbonyl (C=O) groups is 1. The SMILES string of the molecule is CC(C)C(C)(C)C[C@H]1N[C@H](C(=O)NCC[C@@H](O)CO)[C@@H](c2cccc(Cl)c2F)[C@]1(C#N)c1ccc(Cl)cc1F. The molecule has 0 saturated carbocycles. The number of carbonyl (C=O) groups excluding carboxylic acids is 1. The summed E-state index contributed by atoms with van der Waals surface area (Å²) < 4.78 is 31.4. The van der Waals surface area contributed by atoms with Gasteiger partial charge in [-0.15, -0.1) is 0 Å². The van der Waals surface area contributed by atoms with Crippen LogP contribution in [0.15, 0.2) is 36.4 Å². The zero-order valence-corrected chi connectivity index (χ0v) is 24.0. The van der Waals surface area contributed by atoms with E-state index in [-0.39, 0.29) is 45.5 Å². The second-order valence-corrected chi connectivity index (χ2v) is 12.0. The summed E-state index contributed by atoms with van der Waals surface area (Å²) in [6.45, 7) is 7.69. The molecule has 1 amide bonds. The highest BCUT2D eigenvalue weighted by Gasteiger charge is 2.61. The predicted octanol–water partition coefficient (Wildman–Crippen LogP) is 5.09. The van der Waals surface area contributed by atoms with Crippen molar-refractivity contribution < 1.29 is 23.8 Å². The van der Waals surface area contributed by atoms with Crippen molar-refractivity contribution in [3.8, 4) is 6.07 Å². The van der Waals surface area contributed by atoms with Crippen LogP contribution in [0.2, 0.25) is 10.0 Å². The van der Waals surface area contributed by atoms with Gasteiger partial charge in [0.25, 0.3) is 0 Å². The van der Waals surface area contributed by atoms with E-state index < -0.39 is 53.7 Å². The van der Waals surface area contributed by atoms with Gasteiger partial charge in [-0.25, -0.2) is 8.78 Å². The second kappa shape index (κ2) is 12.5. The number of benzene rings is 2. The van der Waals surface area contributed by atoms with Crippen LogP contribution in [0.5, 0.6) is 0 Å². The molecule has 2 aromatic carbocycles. The minimum absolute atomic E-state index is 0.00170. The van der Waals surface area contributed by atoms with Crippen LogP contribution in [0.25, 0.3) is 0 Å². The first kappa shape index (κ1) is 31.3. The van der Waals surface area contributed by atoms with E-state index in [2.05, 4.69) is 16.7 Å². The van der Waals surface area contributed by atoms with Gasteiger partial charge in [-0.05, 0) is 47.9 Å². The molecule has 0 unspecified atom stereocenters. The lowest BCUT2D eigenvalue weighted by Crippen LogP contribution is -2.47. The monoisotopic (exact) mass is 581 g/mol. The fraction of sp³-hybridized carbons (Fsp3) is 0.517. The van der Waals surface area contributed by atoms with Crippen molar-refractivity contribution in [2.24, 2.45) is 11.3 Å². The van der Waals surface area contributed by atoms with E-state index in [1.165, 1.54) is 30.3 Å². The molecule has 0 radical (unpaired) electrons. The fourth-order valence-electron chi connectivity index (χ4n) is 5.27. The van der Waals surface area contributed by atoms with Crippen LogP contribution in [0.4, 0.5) is 8.78 Å². The number of hydrogen-bond acceptors (Lipinski definition) is 5. The summed E-state index contributed by atoms with van der Waals surface area (Å²) in [5.74, 6) is -3.09. The Hall–Kier alpha value is -2.28. The Labute approximate surface area is 238 Å². The molecule has 1 aliphatic heterocycles. The van der Waals surface area contributed by atoms with Gasteiger partial charge in [0, 0.05) is 29.1 Å². The first-order valence-corrected chi connectivity index (χ1v) is 13.7. The Bertz CT molecular complexity index is 1240. The number of nitriles is 1. The molecule has 3 rings (SSSR count). The largest absolute Gasteiger partial charge is 0.394 e. The summed E-state index contributed by atoms with van der Waals surface area (Å²) in [5.41, 5.74) is -2.07. The zero-order valence-electron chi connectivity index (χ0n) is 22.4. The second-order valence-electron chi connectivity index (χ2n) is 11.2. The van der Waals surface area contributed by atoms with Crippen molar-refractivity contribution in [3.05, 3.63) is 69.2 Å². The van der Waals surface area contributed by atoms with Gasteiger partial charge in [0.05, 0.1) is 29.8 Å². The third-order valence-corrected chi connectivity index (χ3v) is 8.72. The predicted molar refractivity (Wildman–Crippen MR) is 148 cm³/mol. The summed E-state index contributed by atoms with van der Waals surface area (Å²) in [7, 11) is 0. The highest BCUT2D eigenvalue weighted by atomic mass is 35.5. The number of nitrogens with one attached hydrogen (secondary N) is 2. The number of aliphatic hydroxyl groups is 2. The van der Waals surface area contributed by atoms with Crippen molar-refractivity contribution in [1.29, 1.82) is 5.26 Å². The van der Waals surface area contributed by atoms with Gasteiger partial charge < -0.3 is 20.8 Å². The lowest BCUT2D eigenvalue weighted by Gasteiger charge is -2.39. The minimum Gasteiger partial charge on any atom is -0.394 e. The molecule has 1 saturated heterocycles. The number of amides is 1. The molecule has 0 aliphatic carbocycles. The molecule has 1 heterocycles. The van der Waals surface area contributed by atoms with Gasteiger partial charge in [-0.1, -0.05) is 69.1 Å². The van der Waals surface area contributed by atoms with Crippen LogP contribution in [0.1, 0.15) is 57.6 Å². The van der Waals surface area contributed by atoms with E-state index in [9.17, 15) is 15.2 Å². The third-order valence-electron chi connectivity index (χ3n) is 8.20. The van der Waals surface area contributed by atoms with Gasteiger partial charge in [0.2, 0.25) is 5.91 Å². The average Bonchev–Trinajstić information content (AvgIpc) is 3.19. The summed E-state index contributed by atoms with van der Waals surface area (Å²) in [6.07, 6.45) is -0.570. The Morgan fingerprint density at radius 2 is 1.95 bits per heavy atom. The van der Waals surface area contributed by atoms with Gasteiger partial charge in [0.15, 0.2) is 0 Å². The maximum absolute atomic E-state index is 15.7. The maximum atomic E-state index is 15.7. The first-order chi connectivity index (χ1) is 18.3. The minimum atomic E-state index is -1.72. The smallest absolute Gasteiger partial charge is 0.237 e. The molecule has 4 N–H and O–H groups in total. The Morgan fingerprint density at radius 3 is 2.54 bits per heavy atom. The van der Waals surface area contributed by atoms with Gasteiger partial charge in [-0.2, -0.15) is 5.26 Å². The van der Waals surface area contributed by atoms with Gasteiger partial charge >= 0.3 is 0 Å². The molecular formula is C29H35Cl2F2N3O3. The van der Waals surface area contributed by atoms with Crippen molar-refractivity contribution in [1.82, 2.24) is 10.6 Å². The van der Waals surface area contributed by atoms with Crippen molar-refractivity contribution in [2.75, 3.05) is 13.2 Å². The molecule has 0 bridgehead atoms. The standard InChI is InChI=1S/C29H35Cl2F2N3O3/c1-16(2)28(3,4)13-23-29(15-34,20-9-8-17(30)12-22(20)32)24(19-6-5-7-21(31)25(19)33)26(36-23)27(39)35-11-10-18(38)14-37/h5-9,12,16,18,23-24,26,36-38H,10-11,13-14H2,1-4H3,(H,35,39)/t18-,23-,24-,26+,29-/m1/s1. The van der Waals surface area contributed by atoms with Gasteiger partial charge in [0.1, 0.15) is 17.0 Å². The van der Waals surface area contributed by atoms with Crippen LogP contribution >= 0.6 is 23.2 Å². The summed E-state index contributed by atoms with van der Waals surface area (Å²) in [4.78, 5) is 13.6. The first-order valence-electron chi connectivity index (χ1n) is 12.9. The van der Waals surface area contributed by atoms with Crippen LogP contribution in [0, 0.1) is 34.3 Å². The highest BCUT2D eigenvalue weighted by Crippen LogP contribution is 2.53. The molecule has 2 aromatic rings. The number of rotatable bonds is 10. The summed E-state index contributed by atoms with van der Waals surface area (Å²) in [6, 6.07) is 8.76. The molecule has 10 heteroatoms. The van der Waals surface area contributed by atoms with Crippen LogP contribution in [-0.2, 0) is 10.2 Å². The Morgan fingerprint density at radius 1 is 1.26 bits per heavy atom. The molecule has 5 atom stereocenters. The normalized spacial score (nSPS) is 24.0. The van der Waals surface area contributed by atoms with Crippen molar-refractivity contribution in [2.45, 2.75) is 70.1 Å². The average molecular weight is 583 g/mol. The lowest BCUT2D eigenvalue weighted by atomic mass is 9.61. The number of nitrogens with zero attached hydrogens (tertiary/aromatic N) is 1. The molecular weight excluding hydrogens is 547 g/mol. The Kier molecular flexibility index (Phi) is 10.0. The number of hydrogen-bond donors (Lipinski definition) is 4. The molecule has 0 aromatic heterocycles. The van der Waals surface area contributed by atoms with Crippen LogP contribution in [-0.4, -0.2) is 47.5 Å². The van der Waals surface area contributed by atoms with E-state index in [0.29, 0.717) is 6.42 Å². The summed E-state index contributed by atoms with van der Waals surface area (Å²) in [5, 5.41) is 35.7. The maximum Gasteiger partial charge on any atom is 0.237 e. The molecule has 212 valence electrons. The molecule has 1 aliphatic rings. The van der Waals surface area contributed by atoms with Crippen molar-refractivity contribution >= 4 is 29.1 Å². The highest BCUT2D eigenvalue weighted by molar-refractivity contribution is 6.31. The molecule has 6 nitrogen and oxygen atoms in total. The third kappa shape index (κ3) is 6.23. The van der Waals surface area contributed by atoms with E-state index in [1.807, 2.05) is 27.7 Å². The summed E-state index contributed by atoms with van der Waals surface area (Å²) >= 11 is 12.2. The number of aliphatic hydroxyl groups excluding tert-OH is 2. The van der Waals surface area contributed by atoms with E-state index in [1.54, 1.807) is 0 Å². The lowest BCUT2D eigenvalue weighted by molar-refractivity contribution is -0.123.